The minimum Gasteiger partial charge on any atom is -0.422 e. The quantitative estimate of drug-likeness (QED) is 0.465. The summed E-state index contributed by atoms with van der Waals surface area (Å²) < 4.78 is 6.55. The van der Waals surface area contributed by atoms with E-state index in [0.717, 1.165) is 28.6 Å². The lowest BCUT2D eigenvalue weighted by molar-refractivity contribution is 0.562. The number of thiazole rings is 1. The third-order valence-electron chi connectivity index (χ3n) is 4.37. The lowest BCUT2D eigenvalue weighted by Gasteiger charge is -2.08. The first-order valence-electron chi connectivity index (χ1n) is 8.87. The van der Waals surface area contributed by atoms with E-state index < -0.39 is 0 Å². The molecule has 0 atom stereocenters. The van der Waals surface area contributed by atoms with Gasteiger partial charge < -0.3 is 9.73 Å². The van der Waals surface area contributed by atoms with Crippen molar-refractivity contribution in [3.05, 3.63) is 63.5 Å². The fraction of sp³-hybridized carbons (Fsp3) is 0.238. The summed E-state index contributed by atoms with van der Waals surface area (Å²) in [6.07, 6.45) is 0.885. The van der Waals surface area contributed by atoms with Gasteiger partial charge >= 0.3 is 5.63 Å². The van der Waals surface area contributed by atoms with Crippen molar-refractivity contribution in [2.24, 2.45) is 0 Å². The highest BCUT2D eigenvalue weighted by Gasteiger charge is 2.14. The van der Waals surface area contributed by atoms with Crippen LogP contribution in [0.15, 0.2) is 51.7 Å². The molecule has 6 heteroatoms. The molecule has 0 amide bonds. The number of fused-ring (bicyclic) bond motifs is 2. The van der Waals surface area contributed by atoms with Crippen molar-refractivity contribution in [2.45, 2.75) is 26.3 Å². The summed E-state index contributed by atoms with van der Waals surface area (Å²) >= 11 is 7.65. The van der Waals surface area contributed by atoms with Crippen molar-refractivity contribution in [3.8, 4) is 10.6 Å². The number of halogens is 1. The van der Waals surface area contributed by atoms with E-state index in [2.05, 4.69) is 30.2 Å². The second-order valence-corrected chi connectivity index (χ2v) is 8.22. The summed E-state index contributed by atoms with van der Waals surface area (Å²) in [7, 11) is 0. The van der Waals surface area contributed by atoms with Crippen LogP contribution in [0.1, 0.15) is 19.4 Å². The summed E-state index contributed by atoms with van der Waals surface area (Å²) in [4.78, 5) is 17.1. The van der Waals surface area contributed by atoms with E-state index in [4.69, 9.17) is 16.0 Å². The predicted molar refractivity (Wildman–Crippen MR) is 113 cm³/mol. The number of benzene rings is 2. The van der Waals surface area contributed by atoms with Gasteiger partial charge in [-0.3, -0.25) is 0 Å². The first-order valence-corrected chi connectivity index (χ1v) is 10.1. The maximum atomic E-state index is 12.6. The van der Waals surface area contributed by atoms with E-state index in [-0.39, 0.29) is 5.63 Å². The first-order chi connectivity index (χ1) is 13.0. The Bertz CT molecular complexity index is 1180. The van der Waals surface area contributed by atoms with Crippen LogP contribution in [0.3, 0.4) is 0 Å². The van der Waals surface area contributed by atoms with Gasteiger partial charge in [0, 0.05) is 11.4 Å². The number of hydrogen-bond acceptors (Lipinski definition) is 5. The normalized spacial score (nSPS) is 11.7. The minimum atomic E-state index is -0.380. The highest BCUT2D eigenvalue weighted by molar-refractivity contribution is 7.21. The minimum absolute atomic E-state index is 0.380. The summed E-state index contributed by atoms with van der Waals surface area (Å²) in [6, 6.07) is 13.9. The lowest BCUT2D eigenvalue weighted by atomic mass is 10.1. The smallest absolute Gasteiger partial charge is 0.346 e. The van der Waals surface area contributed by atoms with Crippen LogP contribution in [-0.2, 0) is 6.42 Å². The molecule has 27 heavy (non-hydrogen) atoms. The van der Waals surface area contributed by atoms with Crippen molar-refractivity contribution < 1.29 is 4.42 Å². The predicted octanol–water partition coefficient (Wildman–Crippen LogP) is 5.26. The maximum Gasteiger partial charge on any atom is 0.346 e. The number of rotatable bonds is 5. The molecular formula is C21H19ClN2O2S. The number of para-hydroxylation sites is 1. The second kappa shape index (κ2) is 7.43. The Hall–Kier alpha value is -2.21. The monoisotopic (exact) mass is 398 g/mol. The van der Waals surface area contributed by atoms with Gasteiger partial charge in [-0.05, 0) is 42.8 Å². The summed E-state index contributed by atoms with van der Waals surface area (Å²) in [5.41, 5.74) is 2.54. The van der Waals surface area contributed by atoms with Crippen LogP contribution in [-0.4, -0.2) is 17.6 Å². The van der Waals surface area contributed by atoms with Gasteiger partial charge in [-0.1, -0.05) is 43.6 Å². The fourth-order valence-electron chi connectivity index (χ4n) is 3.00. The van der Waals surface area contributed by atoms with Gasteiger partial charge in [0.25, 0.3) is 0 Å². The van der Waals surface area contributed by atoms with Gasteiger partial charge in [-0.2, -0.15) is 0 Å². The summed E-state index contributed by atoms with van der Waals surface area (Å²) in [5.74, 6) is 0. The standard InChI is InChI=1S/C21H19ClN2O2S/c1-12(2)23-9-8-13-6-7-14-11-15(21(25)26-17(14)10-13)20-24-19-16(22)4-3-5-18(19)27-20/h3-7,10-12,23H,8-9H2,1-2H3. The van der Waals surface area contributed by atoms with Gasteiger partial charge in [0.05, 0.1) is 15.3 Å². The zero-order valence-electron chi connectivity index (χ0n) is 15.1. The zero-order valence-corrected chi connectivity index (χ0v) is 16.7. The van der Waals surface area contributed by atoms with E-state index in [9.17, 15) is 4.79 Å². The zero-order chi connectivity index (χ0) is 19.0. The Morgan fingerprint density at radius 3 is 2.85 bits per heavy atom. The molecule has 2 aromatic carbocycles. The van der Waals surface area contributed by atoms with Crippen molar-refractivity contribution in [1.82, 2.24) is 10.3 Å². The molecule has 0 saturated heterocycles. The van der Waals surface area contributed by atoms with Gasteiger partial charge in [-0.15, -0.1) is 11.3 Å². The van der Waals surface area contributed by atoms with Gasteiger partial charge in [-0.25, -0.2) is 9.78 Å². The van der Waals surface area contributed by atoms with Crippen LogP contribution in [0.4, 0.5) is 0 Å². The molecule has 4 rings (SSSR count). The van der Waals surface area contributed by atoms with E-state index in [1.807, 2.05) is 30.3 Å². The lowest BCUT2D eigenvalue weighted by Crippen LogP contribution is -2.24. The largest absolute Gasteiger partial charge is 0.422 e. The first kappa shape index (κ1) is 18.2. The van der Waals surface area contributed by atoms with Crippen LogP contribution in [0.25, 0.3) is 31.8 Å². The van der Waals surface area contributed by atoms with Crippen LogP contribution >= 0.6 is 22.9 Å². The van der Waals surface area contributed by atoms with Crippen LogP contribution < -0.4 is 10.9 Å². The highest BCUT2D eigenvalue weighted by atomic mass is 35.5. The Balaban J connectivity index is 1.71. The highest BCUT2D eigenvalue weighted by Crippen LogP contribution is 2.33. The Morgan fingerprint density at radius 1 is 1.22 bits per heavy atom. The molecule has 4 aromatic rings. The summed E-state index contributed by atoms with van der Waals surface area (Å²) in [5, 5.41) is 5.48. The number of hydrogen-bond donors (Lipinski definition) is 1. The molecule has 2 heterocycles. The number of nitrogens with one attached hydrogen (secondary N) is 1. The Labute approximate surface area is 165 Å². The molecule has 138 valence electrons. The SMILES string of the molecule is CC(C)NCCc1ccc2cc(-c3nc4c(Cl)cccc4s3)c(=O)oc2c1. The molecule has 0 aliphatic rings. The molecule has 0 bridgehead atoms. The van der Waals surface area contributed by atoms with Crippen LogP contribution in [0.5, 0.6) is 0 Å². The van der Waals surface area contributed by atoms with Gasteiger partial charge in [0.1, 0.15) is 16.1 Å². The third-order valence-corrected chi connectivity index (χ3v) is 5.73. The van der Waals surface area contributed by atoms with E-state index in [0.29, 0.717) is 32.7 Å². The number of nitrogens with zero attached hydrogens (tertiary/aromatic N) is 1. The molecule has 4 nitrogen and oxygen atoms in total. The van der Waals surface area contributed by atoms with Crippen LogP contribution in [0, 0.1) is 0 Å². The maximum absolute atomic E-state index is 12.6. The second-order valence-electron chi connectivity index (χ2n) is 6.78. The third kappa shape index (κ3) is 3.76. The molecule has 0 fully saturated rings. The molecule has 0 unspecified atom stereocenters. The molecule has 2 aromatic heterocycles. The van der Waals surface area contributed by atoms with E-state index in [1.165, 1.54) is 11.3 Å². The molecule has 1 N–H and O–H groups in total. The Morgan fingerprint density at radius 2 is 2.07 bits per heavy atom. The molecule has 0 aliphatic carbocycles. The molecule has 0 spiro atoms. The summed E-state index contributed by atoms with van der Waals surface area (Å²) in [6.45, 7) is 5.13. The van der Waals surface area contributed by atoms with Crippen LogP contribution in [0.2, 0.25) is 5.02 Å². The van der Waals surface area contributed by atoms with Gasteiger partial charge in [0.2, 0.25) is 0 Å². The fourth-order valence-corrected chi connectivity index (χ4v) is 4.26. The molecular weight excluding hydrogens is 380 g/mol. The molecule has 0 aliphatic heterocycles. The van der Waals surface area contributed by atoms with E-state index >= 15 is 0 Å². The average molecular weight is 399 g/mol. The van der Waals surface area contributed by atoms with Gasteiger partial charge in [0.15, 0.2) is 0 Å². The topological polar surface area (TPSA) is 55.1 Å². The van der Waals surface area contributed by atoms with Crippen molar-refractivity contribution in [3.63, 3.8) is 0 Å². The van der Waals surface area contributed by atoms with Crippen molar-refractivity contribution in [1.29, 1.82) is 0 Å². The van der Waals surface area contributed by atoms with Crippen molar-refractivity contribution in [2.75, 3.05) is 6.54 Å². The van der Waals surface area contributed by atoms with E-state index in [1.54, 1.807) is 6.07 Å². The Kier molecular flexibility index (Phi) is 5.00. The molecule has 0 radical (unpaired) electrons. The number of aromatic nitrogens is 1. The van der Waals surface area contributed by atoms with Crippen molar-refractivity contribution >= 4 is 44.1 Å². The average Bonchev–Trinajstić information content (AvgIpc) is 3.06. The molecule has 0 saturated carbocycles.